The number of pyridine rings is 1. The highest BCUT2D eigenvalue weighted by molar-refractivity contribution is 7.92. The number of sulfonamides is 1. The number of rotatable bonds is 8. The molecule has 0 unspecified atom stereocenters. The molecule has 2 heterocycles. The Morgan fingerprint density at radius 1 is 1.03 bits per heavy atom. The van der Waals surface area contributed by atoms with Gasteiger partial charge < -0.3 is 10.1 Å². The Balaban J connectivity index is 1.32. The molecule has 0 atom stereocenters. The normalized spacial score (nSPS) is 13.5. The van der Waals surface area contributed by atoms with E-state index in [1.807, 2.05) is 24.3 Å². The first-order chi connectivity index (χ1) is 14.6. The van der Waals surface area contributed by atoms with Gasteiger partial charge in [0.15, 0.2) is 0 Å². The summed E-state index contributed by atoms with van der Waals surface area (Å²) in [6.45, 7) is 2.19. The molecule has 0 aliphatic carbocycles. The van der Waals surface area contributed by atoms with Crippen LogP contribution >= 0.6 is 0 Å². The van der Waals surface area contributed by atoms with E-state index in [1.165, 1.54) is 11.8 Å². The fourth-order valence-electron chi connectivity index (χ4n) is 3.46. The number of benzene rings is 2. The van der Waals surface area contributed by atoms with E-state index in [0.717, 1.165) is 43.5 Å². The highest BCUT2D eigenvalue weighted by Crippen LogP contribution is 2.22. The van der Waals surface area contributed by atoms with Gasteiger partial charge in [-0.3, -0.25) is 4.72 Å². The summed E-state index contributed by atoms with van der Waals surface area (Å²) in [6, 6.07) is 18.9. The third-order valence-corrected chi connectivity index (χ3v) is 6.44. The topological polar surface area (TPSA) is 80.3 Å². The average molecular weight is 424 g/mol. The van der Waals surface area contributed by atoms with Gasteiger partial charge in [-0.15, -0.1) is 0 Å². The Hall–Kier alpha value is -2.90. The number of aryl methyl sites for hydroxylation is 1. The van der Waals surface area contributed by atoms with Crippen LogP contribution in [0.3, 0.4) is 0 Å². The van der Waals surface area contributed by atoms with Gasteiger partial charge in [-0.05, 0) is 60.7 Å². The first-order valence-corrected chi connectivity index (χ1v) is 11.6. The smallest absolute Gasteiger partial charge is 0.261 e. The molecule has 1 aliphatic heterocycles. The number of hydrogen-bond donors (Lipinski definition) is 2. The summed E-state index contributed by atoms with van der Waals surface area (Å²) in [5.41, 5.74) is 3.91. The molecular weight excluding hydrogens is 398 g/mol. The zero-order chi connectivity index (χ0) is 20.8. The van der Waals surface area contributed by atoms with Crippen LogP contribution in [0.4, 0.5) is 5.69 Å². The van der Waals surface area contributed by atoms with Gasteiger partial charge in [-0.1, -0.05) is 36.4 Å². The molecule has 4 rings (SSSR count). The fourth-order valence-corrected chi connectivity index (χ4v) is 4.55. The minimum absolute atomic E-state index is 0.268. The second kappa shape index (κ2) is 9.28. The monoisotopic (exact) mass is 423 g/mol. The molecule has 30 heavy (non-hydrogen) atoms. The average Bonchev–Trinajstić information content (AvgIpc) is 2.78. The van der Waals surface area contributed by atoms with Crippen LogP contribution in [-0.4, -0.2) is 26.6 Å². The number of nitrogens with zero attached hydrogens (tertiary/aromatic N) is 1. The molecule has 3 aromatic rings. The molecule has 0 bridgehead atoms. The number of ether oxygens (including phenoxy) is 1. The largest absolute Gasteiger partial charge is 0.478 e. The van der Waals surface area contributed by atoms with Crippen molar-refractivity contribution in [2.75, 3.05) is 17.9 Å². The van der Waals surface area contributed by atoms with Crippen molar-refractivity contribution in [2.45, 2.75) is 30.7 Å². The predicted molar refractivity (Wildman–Crippen MR) is 117 cm³/mol. The second-order valence-electron chi connectivity index (χ2n) is 7.29. The number of nitrogens with one attached hydrogen (secondary N) is 2. The van der Waals surface area contributed by atoms with Gasteiger partial charge in [0.2, 0.25) is 5.88 Å². The predicted octanol–water partition coefficient (Wildman–Crippen LogP) is 3.54. The molecule has 2 N–H and O–H groups in total. The van der Waals surface area contributed by atoms with Gasteiger partial charge in [0, 0.05) is 12.6 Å². The summed E-state index contributed by atoms with van der Waals surface area (Å²) in [5, 5.41) is 3.29. The third kappa shape index (κ3) is 5.17. The number of anilines is 1. The Bertz CT molecular complexity index is 1080. The molecule has 0 radical (unpaired) electrons. The van der Waals surface area contributed by atoms with E-state index in [4.69, 9.17) is 4.74 Å². The SMILES string of the molecule is O=S(=O)(Nc1ccc(OCCCc2ccccc2)nc1)c1ccc2c(c1)CCNC2. The van der Waals surface area contributed by atoms with E-state index >= 15 is 0 Å². The van der Waals surface area contributed by atoms with Crippen molar-refractivity contribution in [3.05, 3.63) is 83.6 Å². The molecule has 0 fully saturated rings. The van der Waals surface area contributed by atoms with Gasteiger partial charge >= 0.3 is 0 Å². The van der Waals surface area contributed by atoms with Gasteiger partial charge in [0.25, 0.3) is 10.0 Å². The lowest BCUT2D eigenvalue weighted by Crippen LogP contribution is -2.24. The first kappa shape index (κ1) is 20.4. The lowest BCUT2D eigenvalue weighted by molar-refractivity contribution is 0.299. The Labute approximate surface area is 177 Å². The van der Waals surface area contributed by atoms with Crippen LogP contribution in [0, 0.1) is 0 Å². The maximum Gasteiger partial charge on any atom is 0.261 e. The molecule has 0 amide bonds. The third-order valence-electron chi connectivity index (χ3n) is 5.07. The van der Waals surface area contributed by atoms with Crippen LogP contribution in [0.5, 0.6) is 5.88 Å². The fraction of sp³-hybridized carbons (Fsp3) is 0.261. The second-order valence-corrected chi connectivity index (χ2v) is 8.97. The molecule has 1 aliphatic rings. The highest BCUT2D eigenvalue weighted by Gasteiger charge is 2.18. The Kier molecular flexibility index (Phi) is 6.30. The van der Waals surface area contributed by atoms with Crippen LogP contribution < -0.4 is 14.8 Å². The zero-order valence-electron chi connectivity index (χ0n) is 16.7. The van der Waals surface area contributed by atoms with Crippen molar-refractivity contribution in [1.29, 1.82) is 0 Å². The number of aromatic nitrogens is 1. The quantitative estimate of drug-likeness (QED) is 0.542. The molecule has 0 spiro atoms. The van der Waals surface area contributed by atoms with Crippen molar-refractivity contribution < 1.29 is 13.2 Å². The Morgan fingerprint density at radius 3 is 2.70 bits per heavy atom. The summed E-state index contributed by atoms with van der Waals surface area (Å²) < 4.78 is 33.7. The maximum atomic E-state index is 12.7. The number of hydrogen-bond acceptors (Lipinski definition) is 5. The van der Waals surface area contributed by atoms with Gasteiger partial charge in [-0.25, -0.2) is 13.4 Å². The minimum Gasteiger partial charge on any atom is -0.478 e. The maximum absolute atomic E-state index is 12.7. The Morgan fingerprint density at radius 2 is 1.90 bits per heavy atom. The van der Waals surface area contributed by atoms with Crippen LogP contribution in [0.1, 0.15) is 23.1 Å². The van der Waals surface area contributed by atoms with Crippen LogP contribution in [0.15, 0.2) is 71.8 Å². The zero-order valence-corrected chi connectivity index (χ0v) is 17.5. The summed E-state index contributed by atoms with van der Waals surface area (Å²) in [4.78, 5) is 4.48. The molecule has 1 aromatic heterocycles. The van der Waals surface area contributed by atoms with E-state index in [2.05, 4.69) is 27.2 Å². The first-order valence-electron chi connectivity index (χ1n) is 10.1. The van der Waals surface area contributed by atoms with Crippen LogP contribution in [0.25, 0.3) is 0 Å². The van der Waals surface area contributed by atoms with E-state index in [1.54, 1.807) is 24.3 Å². The lowest BCUT2D eigenvalue weighted by atomic mass is 10.0. The molecule has 0 saturated carbocycles. The van der Waals surface area contributed by atoms with Crippen molar-refractivity contribution in [3.8, 4) is 5.88 Å². The van der Waals surface area contributed by atoms with E-state index < -0.39 is 10.0 Å². The van der Waals surface area contributed by atoms with Crippen LogP contribution in [-0.2, 0) is 29.4 Å². The van der Waals surface area contributed by atoms with E-state index in [9.17, 15) is 8.42 Å². The lowest BCUT2D eigenvalue weighted by Gasteiger charge is -2.18. The van der Waals surface area contributed by atoms with Crippen molar-refractivity contribution in [2.24, 2.45) is 0 Å². The minimum atomic E-state index is -3.66. The highest BCUT2D eigenvalue weighted by atomic mass is 32.2. The van der Waals surface area contributed by atoms with Gasteiger partial charge in [-0.2, -0.15) is 0 Å². The summed E-state index contributed by atoms with van der Waals surface area (Å²) in [5.74, 6) is 0.479. The molecule has 0 saturated heterocycles. The van der Waals surface area contributed by atoms with E-state index in [0.29, 0.717) is 18.2 Å². The molecule has 6 nitrogen and oxygen atoms in total. The molecule has 2 aromatic carbocycles. The van der Waals surface area contributed by atoms with Crippen molar-refractivity contribution in [3.63, 3.8) is 0 Å². The van der Waals surface area contributed by atoms with E-state index in [-0.39, 0.29) is 4.90 Å². The molecular formula is C23H25N3O3S. The van der Waals surface area contributed by atoms with Gasteiger partial charge in [0.05, 0.1) is 23.4 Å². The van der Waals surface area contributed by atoms with Crippen LogP contribution in [0.2, 0.25) is 0 Å². The van der Waals surface area contributed by atoms with Crippen molar-refractivity contribution in [1.82, 2.24) is 10.3 Å². The van der Waals surface area contributed by atoms with Gasteiger partial charge in [0.1, 0.15) is 0 Å². The summed E-state index contributed by atoms with van der Waals surface area (Å²) >= 11 is 0. The molecule has 156 valence electrons. The van der Waals surface area contributed by atoms with Crippen molar-refractivity contribution >= 4 is 15.7 Å². The standard InChI is InChI=1S/C23H25N3O3S/c27-30(28,22-10-8-20-16-24-13-12-19(20)15-22)26-21-9-11-23(25-17-21)29-14-4-7-18-5-2-1-3-6-18/h1-3,5-6,8-11,15,17,24,26H,4,7,12-14,16H2. The summed E-state index contributed by atoms with van der Waals surface area (Å²) in [6.07, 6.45) is 4.13. The number of fused-ring (bicyclic) bond motifs is 1. The summed E-state index contributed by atoms with van der Waals surface area (Å²) in [7, 11) is -3.66. The molecule has 7 heteroatoms.